The zero-order valence-corrected chi connectivity index (χ0v) is 11.2. The van der Waals surface area contributed by atoms with E-state index in [0.29, 0.717) is 27.3 Å². The van der Waals surface area contributed by atoms with Crippen molar-refractivity contribution in [3.8, 4) is 6.07 Å². The fourth-order valence-corrected chi connectivity index (χ4v) is 2.92. The number of nitriles is 1. The molecule has 0 saturated heterocycles. The van der Waals surface area contributed by atoms with Gasteiger partial charge in [-0.1, -0.05) is 30.3 Å². The minimum absolute atomic E-state index is 0.218. The lowest BCUT2D eigenvalue weighted by Crippen LogP contribution is -2.03. The Morgan fingerprint density at radius 1 is 1.35 bits per heavy atom. The first-order chi connectivity index (χ1) is 9.79. The van der Waals surface area contributed by atoms with Gasteiger partial charge >= 0.3 is 0 Å². The molecule has 0 bridgehead atoms. The van der Waals surface area contributed by atoms with E-state index in [2.05, 4.69) is 21.4 Å². The van der Waals surface area contributed by atoms with Gasteiger partial charge in [-0.05, 0) is 5.56 Å². The summed E-state index contributed by atoms with van der Waals surface area (Å²) in [5.41, 5.74) is 1.77. The Bertz CT molecular complexity index is 845. The molecule has 6 heteroatoms. The van der Waals surface area contributed by atoms with Crippen molar-refractivity contribution in [3.05, 3.63) is 58.1 Å². The minimum atomic E-state index is -0.218. The van der Waals surface area contributed by atoms with Gasteiger partial charge in [0.05, 0.1) is 6.33 Å². The summed E-state index contributed by atoms with van der Waals surface area (Å²) in [7, 11) is 0. The van der Waals surface area contributed by atoms with Crippen LogP contribution in [0.15, 0.2) is 41.5 Å². The zero-order chi connectivity index (χ0) is 13.9. The number of aromatic amines is 1. The summed E-state index contributed by atoms with van der Waals surface area (Å²) < 4.78 is 0.472. The molecule has 0 aliphatic carbocycles. The topological polar surface area (TPSA) is 81.6 Å². The maximum absolute atomic E-state index is 11.7. The summed E-state index contributed by atoms with van der Waals surface area (Å²) >= 11 is 1.25. The Morgan fingerprint density at radius 3 is 2.90 bits per heavy atom. The number of benzene rings is 1. The van der Waals surface area contributed by atoms with Gasteiger partial charge in [0.25, 0.3) is 5.56 Å². The predicted octanol–water partition coefficient (Wildman–Crippen LogP) is 2.47. The normalized spacial score (nSPS) is 10.3. The number of H-pyrrole nitrogens is 1. The van der Waals surface area contributed by atoms with Crippen LogP contribution in [0.4, 0.5) is 5.00 Å². The molecular weight excluding hydrogens is 272 g/mol. The summed E-state index contributed by atoms with van der Waals surface area (Å²) in [5, 5.41) is 13.1. The first kappa shape index (κ1) is 12.4. The van der Waals surface area contributed by atoms with E-state index in [-0.39, 0.29) is 5.56 Å². The molecule has 0 fully saturated rings. The highest BCUT2D eigenvalue weighted by molar-refractivity contribution is 7.23. The van der Waals surface area contributed by atoms with Crippen LogP contribution >= 0.6 is 11.3 Å². The van der Waals surface area contributed by atoms with Gasteiger partial charge in [0.15, 0.2) is 0 Å². The van der Waals surface area contributed by atoms with Gasteiger partial charge in [-0.3, -0.25) is 4.79 Å². The highest BCUT2D eigenvalue weighted by atomic mass is 32.1. The Morgan fingerprint density at radius 2 is 2.15 bits per heavy atom. The van der Waals surface area contributed by atoms with E-state index < -0.39 is 0 Å². The number of fused-ring (bicyclic) bond motifs is 1. The van der Waals surface area contributed by atoms with Crippen molar-refractivity contribution in [2.45, 2.75) is 6.54 Å². The van der Waals surface area contributed by atoms with Crippen LogP contribution in [0.5, 0.6) is 0 Å². The Labute approximate surface area is 118 Å². The van der Waals surface area contributed by atoms with Crippen LogP contribution in [0.2, 0.25) is 0 Å². The van der Waals surface area contributed by atoms with Gasteiger partial charge in [-0.2, -0.15) is 5.26 Å². The molecule has 1 aromatic carbocycles. The van der Waals surface area contributed by atoms with Crippen molar-refractivity contribution in [3.63, 3.8) is 0 Å². The molecule has 20 heavy (non-hydrogen) atoms. The van der Waals surface area contributed by atoms with Crippen LogP contribution in [-0.2, 0) is 6.54 Å². The molecule has 0 radical (unpaired) electrons. The highest BCUT2D eigenvalue weighted by Crippen LogP contribution is 2.31. The molecule has 0 unspecified atom stereocenters. The molecule has 0 atom stereocenters. The lowest BCUT2D eigenvalue weighted by molar-refractivity contribution is 1.16. The van der Waals surface area contributed by atoms with Crippen LogP contribution < -0.4 is 10.9 Å². The molecule has 0 spiro atoms. The molecule has 2 aromatic heterocycles. The van der Waals surface area contributed by atoms with Crippen molar-refractivity contribution >= 4 is 26.6 Å². The molecule has 98 valence electrons. The maximum Gasteiger partial charge on any atom is 0.268 e. The number of hydrogen-bond donors (Lipinski definition) is 2. The minimum Gasteiger partial charge on any atom is -0.372 e. The van der Waals surface area contributed by atoms with Crippen LogP contribution in [0.3, 0.4) is 0 Å². The second kappa shape index (κ2) is 5.15. The summed E-state index contributed by atoms with van der Waals surface area (Å²) in [6, 6.07) is 12.0. The van der Waals surface area contributed by atoms with E-state index in [4.69, 9.17) is 0 Å². The van der Waals surface area contributed by atoms with E-state index in [0.717, 1.165) is 5.56 Å². The van der Waals surface area contributed by atoms with E-state index in [9.17, 15) is 10.1 Å². The van der Waals surface area contributed by atoms with Crippen molar-refractivity contribution in [2.24, 2.45) is 0 Å². The molecule has 0 aliphatic heterocycles. The first-order valence-electron chi connectivity index (χ1n) is 5.97. The number of nitrogens with one attached hydrogen (secondary N) is 2. The third-order valence-corrected chi connectivity index (χ3v) is 4.02. The summed E-state index contributed by atoms with van der Waals surface area (Å²) in [4.78, 5) is 18.3. The second-order valence-electron chi connectivity index (χ2n) is 4.17. The monoisotopic (exact) mass is 282 g/mol. The molecule has 5 nitrogen and oxygen atoms in total. The number of aromatic nitrogens is 2. The zero-order valence-electron chi connectivity index (χ0n) is 10.4. The van der Waals surface area contributed by atoms with E-state index in [1.165, 1.54) is 17.7 Å². The van der Waals surface area contributed by atoms with Crippen molar-refractivity contribution in [1.29, 1.82) is 5.26 Å². The number of rotatable bonds is 3. The van der Waals surface area contributed by atoms with Gasteiger partial charge in [-0.25, -0.2) is 4.98 Å². The van der Waals surface area contributed by atoms with Crippen molar-refractivity contribution in [2.75, 3.05) is 5.32 Å². The molecule has 3 aromatic rings. The Kier molecular flexibility index (Phi) is 3.19. The molecule has 2 heterocycles. The summed E-state index contributed by atoms with van der Waals surface area (Å²) in [6.45, 7) is 0.597. The quantitative estimate of drug-likeness (QED) is 0.773. The number of anilines is 1. The third-order valence-electron chi connectivity index (χ3n) is 2.89. The molecule has 0 amide bonds. The molecule has 3 rings (SSSR count). The van der Waals surface area contributed by atoms with Gasteiger partial charge in [0.1, 0.15) is 26.9 Å². The first-order valence-corrected chi connectivity index (χ1v) is 6.79. The Balaban J connectivity index is 1.98. The van der Waals surface area contributed by atoms with Crippen LogP contribution in [0.1, 0.15) is 11.1 Å². The van der Waals surface area contributed by atoms with Gasteiger partial charge in [0, 0.05) is 6.54 Å². The lowest BCUT2D eigenvalue weighted by Gasteiger charge is -2.03. The molecule has 2 N–H and O–H groups in total. The average molecular weight is 282 g/mol. The highest BCUT2D eigenvalue weighted by Gasteiger charge is 2.15. The van der Waals surface area contributed by atoms with E-state index in [1.807, 2.05) is 30.3 Å². The van der Waals surface area contributed by atoms with Crippen LogP contribution in [0.25, 0.3) is 10.2 Å². The fourth-order valence-electron chi connectivity index (χ4n) is 1.93. The fraction of sp³-hybridized carbons (Fsp3) is 0.0714. The van der Waals surface area contributed by atoms with Crippen LogP contribution in [-0.4, -0.2) is 9.97 Å². The molecular formula is C14H10N4OS. The molecule has 0 saturated carbocycles. The number of hydrogen-bond acceptors (Lipinski definition) is 5. The Hall–Kier alpha value is -2.65. The predicted molar refractivity (Wildman–Crippen MR) is 78.7 cm³/mol. The van der Waals surface area contributed by atoms with Crippen molar-refractivity contribution in [1.82, 2.24) is 9.97 Å². The summed E-state index contributed by atoms with van der Waals surface area (Å²) in [6.07, 6.45) is 1.32. The smallest absolute Gasteiger partial charge is 0.268 e. The van der Waals surface area contributed by atoms with Crippen molar-refractivity contribution < 1.29 is 0 Å². The maximum atomic E-state index is 11.7. The van der Waals surface area contributed by atoms with E-state index in [1.54, 1.807) is 0 Å². The van der Waals surface area contributed by atoms with Gasteiger partial charge < -0.3 is 10.3 Å². The second-order valence-corrected chi connectivity index (χ2v) is 5.19. The van der Waals surface area contributed by atoms with E-state index >= 15 is 0 Å². The molecule has 0 aliphatic rings. The third kappa shape index (κ3) is 2.15. The van der Waals surface area contributed by atoms with Crippen LogP contribution in [0, 0.1) is 11.3 Å². The standard InChI is InChI=1S/C14H10N4OS/c15-6-10-11-12(13(19)18-8-17-11)20-14(10)16-7-9-4-2-1-3-5-9/h1-5,8,16H,7H2,(H,17,18,19). The van der Waals surface area contributed by atoms with Gasteiger partial charge in [0.2, 0.25) is 0 Å². The number of thiophene rings is 1. The summed E-state index contributed by atoms with van der Waals surface area (Å²) in [5.74, 6) is 0. The SMILES string of the molecule is N#Cc1c(NCc2ccccc2)sc2c(=O)[nH]cnc12. The average Bonchev–Trinajstić information content (AvgIpc) is 2.85. The lowest BCUT2D eigenvalue weighted by atomic mass is 10.2. The number of nitrogens with zero attached hydrogens (tertiary/aromatic N) is 2. The van der Waals surface area contributed by atoms with Gasteiger partial charge in [-0.15, -0.1) is 11.3 Å². The largest absolute Gasteiger partial charge is 0.372 e.